The number of hydrogen-bond donors (Lipinski definition) is 1. The van der Waals surface area contributed by atoms with Gasteiger partial charge in [-0.15, -0.1) is 0 Å². The molecule has 0 spiro atoms. The number of anilines is 1. The van der Waals surface area contributed by atoms with Gasteiger partial charge in [-0.25, -0.2) is 4.98 Å². The van der Waals surface area contributed by atoms with Crippen molar-refractivity contribution in [1.29, 1.82) is 0 Å². The average Bonchev–Trinajstić information content (AvgIpc) is 2.46. The van der Waals surface area contributed by atoms with Crippen molar-refractivity contribution in [2.45, 2.75) is 6.54 Å². The third-order valence-corrected chi connectivity index (χ3v) is 3.78. The zero-order valence-corrected chi connectivity index (χ0v) is 12.8. The van der Waals surface area contributed by atoms with Gasteiger partial charge in [0.15, 0.2) is 0 Å². The van der Waals surface area contributed by atoms with Crippen LogP contribution < -0.4 is 5.32 Å². The predicted octanol–water partition coefficient (Wildman–Crippen LogP) is 4.66. The Hall–Kier alpha value is -1.65. The van der Waals surface area contributed by atoms with Crippen LogP contribution in [0.3, 0.4) is 0 Å². The smallest absolute Gasteiger partial charge is 0.140 e. The molecule has 0 unspecified atom stereocenters. The van der Waals surface area contributed by atoms with Crippen LogP contribution in [0.25, 0.3) is 10.9 Å². The molecule has 0 saturated carbocycles. The number of para-hydroxylation sites is 1. The Morgan fingerprint density at radius 1 is 1.15 bits per heavy atom. The number of benzene rings is 1. The summed E-state index contributed by atoms with van der Waals surface area (Å²) >= 11 is 9.33. The number of nitrogens with zero attached hydrogens (tertiary/aromatic N) is 2. The van der Waals surface area contributed by atoms with E-state index in [1.165, 1.54) is 0 Å². The molecule has 100 valence electrons. The van der Waals surface area contributed by atoms with Gasteiger partial charge in [-0.05, 0) is 33.6 Å². The van der Waals surface area contributed by atoms with Crippen molar-refractivity contribution in [3.05, 3.63) is 63.9 Å². The maximum atomic E-state index is 5.88. The normalized spacial score (nSPS) is 10.7. The minimum Gasteiger partial charge on any atom is -0.365 e. The van der Waals surface area contributed by atoms with E-state index in [1.54, 1.807) is 6.20 Å². The van der Waals surface area contributed by atoms with Crippen molar-refractivity contribution in [1.82, 2.24) is 9.97 Å². The third kappa shape index (κ3) is 2.76. The van der Waals surface area contributed by atoms with E-state index < -0.39 is 0 Å². The molecule has 0 atom stereocenters. The quantitative estimate of drug-likeness (QED) is 0.748. The van der Waals surface area contributed by atoms with Crippen LogP contribution in [-0.2, 0) is 6.54 Å². The van der Waals surface area contributed by atoms with Gasteiger partial charge >= 0.3 is 0 Å². The van der Waals surface area contributed by atoms with Crippen LogP contribution in [0, 0.1) is 0 Å². The average molecular weight is 349 g/mol. The Morgan fingerprint density at radius 2 is 2.00 bits per heavy atom. The van der Waals surface area contributed by atoms with Crippen LogP contribution in [0.2, 0.25) is 5.02 Å². The SMILES string of the molecule is Clc1cnc(NCc2cccc3cccnc23)c(Br)c1. The topological polar surface area (TPSA) is 37.8 Å². The van der Waals surface area contributed by atoms with Gasteiger partial charge in [0, 0.05) is 24.3 Å². The molecule has 1 N–H and O–H groups in total. The molecule has 0 radical (unpaired) electrons. The summed E-state index contributed by atoms with van der Waals surface area (Å²) in [4.78, 5) is 8.70. The second kappa shape index (κ2) is 5.77. The summed E-state index contributed by atoms with van der Waals surface area (Å²) in [5, 5.41) is 5.03. The van der Waals surface area contributed by atoms with Crippen molar-refractivity contribution >= 4 is 44.3 Å². The van der Waals surface area contributed by atoms with Gasteiger partial charge in [-0.3, -0.25) is 4.98 Å². The summed E-state index contributed by atoms with van der Waals surface area (Å²) in [6.07, 6.45) is 3.43. The Kier molecular flexibility index (Phi) is 3.85. The molecule has 0 bridgehead atoms. The maximum Gasteiger partial charge on any atom is 0.140 e. The molecule has 20 heavy (non-hydrogen) atoms. The van der Waals surface area contributed by atoms with E-state index in [9.17, 15) is 0 Å². The molecule has 0 amide bonds. The zero-order valence-electron chi connectivity index (χ0n) is 10.5. The molecular formula is C15H11BrClN3. The fourth-order valence-corrected chi connectivity index (χ4v) is 2.81. The number of hydrogen-bond acceptors (Lipinski definition) is 3. The standard InChI is InChI=1S/C15H11BrClN3/c16-13-7-12(17)9-20-15(13)19-8-11-4-1-3-10-5-2-6-18-14(10)11/h1-7,9H,8H2,(H,19,20). The Balaban J connectivity index is 1.87. The fraction of sp³-hybridized carbons (Fsp3) is 0.0667. The number of nitrogens with one attached hydrogen (secondary N) is 1. The number of aromatic nitrogens is 2. The van der Waals surface area contributed by atoms with Crippen LogP contribution in [0.5, 0.6) is 0 Å². The van der Waals surface area contributed by atoms with E-state index >= 15 is 0 Å². The first-order valence-corrected chi connectivity index (χ1v) is 7.29. The van der Waals surface area contributed by atoms with Gasteiger partial charge in [0.05, 0.1) is 15.0 Å². The largest absolute Gasteiger partial charge is 0.365 e. The summed E-state index contributed by atoms with van der Waals surface area (Å²) in [5.41, 5.74) is 2.14. The molecule has 3 rings (SSSR count). The molecule has 3 nitrogen and oxygen atoms in total. The van der Waals surface area contributed by atoms with Crippen LogP contribution in [0.4, 0.5) is 5.82 Å². The highest BCUT2D eigenvalue weighted by molar-refractivity contribution is 9.10. The summed E-state index contributed by atoms with van der Waals surface area (Å²) in [6.45, 7) is 0.654. The van der Waals surface area contributed by atoms with Gasteiger partial charge in [0.25, 0.3) is 0 Å². The van der Waals surface area contributed by atoms with Crippen LogP contribution >= 0.6 is 27.5 Å². The minimum atomic E-state index is 0.606. The van der Waals surface area contributed by atoms with Crippen molar-refractivity contribution in [2.24, 2.45) is 0 Å². The molecule has 0 saturated heterocycles. The van der Waals surface area contributed by atoms with Gasteiger partial charge in [0.1, 0.15) is 5.82 Å². The molecule has 2 aromatic heterocycles. The first-order chi connectivity index (χ1) is 9.74. The molecule has 0 aliphatic heterocycles. The van der Waals surface area contributed by atoms with E-state index in [0.29, 0.717) is 11.6 Å². The molecule has 0 aliphatic carbocycles. The number of fused-ring (bicyclic) bond motifs is 1. The molecular weight excluding hydrogens is 338 g/mol. The van der Waals surface area contributed by atoms with Crippen molar-refractivity contribution in [3.8, 4) is 0 Å². The number of halogens is 2. The minimum absolute atomic E-state index is 0.606. The van der Waals surface area contributed by atoms with Crippen LogP contribution in [-0.4, -0.2) is 9.97 Å². The first kappa shape index (κ1) is 13.3. The maximum absolute atomic E-state index is 5.88. The van der Waals surface area contributed by atoms with Crippen molar-refractivity contribution in [2.75, 3.05) is 5.32 Å². The number of pyridine rings is 2. The third-order valence-electron chi connectivity index (χ3n) is 2.97. The van der Waals surface area contributed by atoms with Gasteiger partial charge in [-0.1, -0.05) is 35.9 Å². The van der Waals surface area contributed by atoms with E-state index in [-0.39, 0.29) is 0 Å². The van der Waals surface area contributed by atoms with Gasteiger partial charge in [-0.2, -0.15) is 0 Å². The molecule has 3 aromatic rings. The Morgan fingerprint density at radius 3 is 2.85 bits per heavy atom. The Bertz CT molecular complexity index is 756. The van der Waals surface area contributed by atoms with Crippen molar-refractivity contribution < 1.29 is 0 Å². The lowest BCUT2D eigenvalue weighted by molar-refractivity contribution is 1.11. The van der Waals surface area contributed by atoms with E-state index in [0.717, 1.165) is 26.8 Å². The van der Waals surface area contributed by atoms with E-state index in [1.807, 2.05) is 24.4 Å². The van der Waals surface area contributed by atoms with Gasteiger partial charge < -0.3 is 5.32 Å². The molecule has 0 aliphatic rings. The second-order valence-corrected chi connectivity index (χ2v) is 5.62. The number of rotatable bonds is 3. The first-order valence-electron chi connectivity index (χ1n) is 6.11. The summed E-state index contributed by atoms with van der Waals surface area (Å²) < 4.78 is 0.846. The predicted molar refractivity (Wildman–Crippen MR) is 86.0 cm³/mol. The molecule has 1 aromatic carbocycles. The highest BCUT2D eigenvalue weighted by Crippen LogP contribution is 2.24. The zero-order chi connectivity index (χ0) is 13.9. The summed E-state index contributed by atoms with van der Waals surface area (Å²) in [6, 6.07) is 12.0. The van der Waals surface area contributed by atoms with E-state index in [4.69, 9.17) is 11.6 Å². The summed E-state index contributed by atoms with van der Waals surface area (Å²) in [7, 11) is 0. The molecule has 2 heterocycles. The summed E-state index contributed by atoms with van der Waals surface area (Å²) in [5.74, 6) is 0.766. The van der Waals surface area contributed by atoms with Gasteiger partial charge in [0.2, 0.25) is 0 Å². The lowest BCUT2D eigenvalue weighted by Gasteiger charge is -2.09. The highest BCUT2D eigenvalue weighted by Gasteiger charge is 2.05. The highest BCUT2D eigenvalue weighted by atomic mass is 79.9. The van der Waals surface area contributed by atoms with E-state index in [2.05, 4.69) is 49.4 Å². The molecule has 5 heteroatoms. The fourth-order valence-electron chi connectivity index (χ4n) is 2.03. The lowest BCUT2D eigenvalue weighted by Crippen LogP contribution is -2.03. The Labute approximate surface area is 130 Å². The van der Waals surface area contributed by atoms with Crippen molar-refractivity contribution in [3.63, 3.8) is 0 Å². The monoisotopic (exact) mass is 347 g/mol. The molecule has 0 fully saturated rings. The van der Waals surface area contributed by atoms with Crippen LogP contribution in [0.1, 0.15) is 5.56 Å². The lowest BCUT2D eigenvalue weighted by atomic mass is 10.1. The second-order valence-electron chi connectivity index (χ2n) is 4.33. The van der Waals surface area contributed by atoms with Crippen LogP contribution in [0.15, 0.2) is 53.3 Å².